The van der Waals surface area contributed by atoms with Crippen molar-refractivity contribution in [1.82, 2.24) is 0 Å². The van der Waals surface area contributed by atoms with Gasteiger partial charge in [-0.25, -0.2) is 0 Å². The Morgan fingerprint density at radius 2 is 1.05 bits per heavy atom. The molecule has 0 radical (unpaired) electrons. The summed E-state index contributed by atoms with van der Waals surface area (Å²) in [5.41, 5.74) is 0. The van der Waals surface area contributed by atoms with Crippen molar-refractivity contribution in [2.45, 2.75) is 90.4 Å². The molecule has 132 valence electrons. The Hall–Kier alpha value is -0.580. The molecule has 5 heteroatoms. The SMILES string of the molecule is CCCCCCCCC(=O)O.O=C(O)CCCCCCCBr. The Kier molecular flexibility index (Phi) is 22.0. The summed E-state index contributed by atoms with van der Waals surface area (Å²) in [6.45, 7) is 2.18. The van der Waals surface area contributed by atoms with Crippen LogP contribution in [0.25, 0.3) is 0 Å². The van der Waals surface area contributed by atoms with Crippen LogP contribution in [-0.2, 0) is 9.59 Å². The second-order valence-electron chi connectivity index (χ2n) is 5.51. The van der Waals surface area contributed by atoms with Gasteiger partial charge in [0.15, 0.2) is 0 Å². The van der Waals surface area contributed by atoms with Gasteiger partial charge in [0, 0.05) is 18.2 Å². The lowest BCUT2D eigenvalue weighted by Gasteiger charge is -1.97. The third-order valence-corrected chi connectivity index (χ3v) is 3.83. The fraction of sp³-hybridized carbons (Fsp3) is 0.882. The molecule has 2 N–H and O–H groups in total. The van der Waals surface area contributed by atoms with Crippen LogP contribution in [0.5, 0.6) is 0 Å². The lowest BCUT2D eigenvalue weighted by molar-refractivity contribution is -0.138. The Balaban J connectivity index is 0. The van der Waals surface area contributed by atoms with Crippen molar-refractivity contribution in [3.63, 3.8) is 0 Å². The summed E-state index contributed by atoms with van der Waals surface area (Å²) in [6.07, 6.45) is 13.0. The van der Waals surface area contributed by atoms with Crippen LogP contribution in [0.1, 0.15) is 90.4 Å². The van der Waals surface area contributed by atoms with Gasteiger partial charge < -0.3 is 10.2 Å². The number of hydrogen-bond donors (Lipinski definition) is 2. The van der Waals surface area contributed by atoms with E-state index < -0.39 is 11.9 Å². The standard InChI is InChI=1S/C9H18O2.C8H15BrO2/c1-2-3-4-5-6-7-8-9(10)11;9-7-5-3-1-2-4-6-8(10)11/h2-8H2,1H3,(H,10,11);1-7H2,(H,10,11). The van der Waals surface area contributed by atoms with Crippen molar-refractivity contribution in [2.75, 3.05) is 5.33 Å². The van der Waals surface area contributed by atoms with E-state index >= 15 is 0 Å². The average Bonchev–Trinajstić information content (AvgIpc) is 2.46. The summed E-state index contributed by atoms with van der Waals surface area (Å²) in [7, 11) is 0. The third-order valence-electron chi connectivity index (χ3n) is 3.27. The lowest BCUT2D eigenvalue weighted by atomic mass is 10.1. The van der Waals surface area contributed by atoms with Crippen LogP contribution in [0.4, 0.5) is 0 Å². The molecule has 0 saturated heterocycles. The highest BCUT2D eigenvalue weighted by molar-refractivity contribution is 9.09. The normalized spacial score (nSPS) is 9.91. The molecule has 0 fully saturated rings. The van der Waals surface area contributed by atoms with Crippen LogP contribution in [0.3, 0.4) is 0 Å². The van der Waals surface area contributed by atoms with Gasteiger partial charge >= 0.3 is 11.9 Å². The molecule has 0 unspecified atom stereocenters. The molecule has 0 saturated carbocycles. The zero-order valence-electron chi connectivity index (χ0n) is 14.0. The van der Waals surface area contributed by atoms with E-state index in [1.165, 1.54) is 44.9 Å². The Morgan fingerprint density at radius 3 is 1.41 bits per heavy atom. The van der Waals surface area contributed by atoms with Gasteiger partial charge in [0.2, 0.25) is 0 Å². The number of carbonyl (C=O) groups is 2. The predicted octanol–water partition coefficient (Wildman–Crippen LogP) is 5.63. The number of alkyl halides is 1. The molecule has 0 spiro atoms. The fourth-order valence-corrected chi connectivity index (χ4v) is 2.35. The maximum atomic E-state index is 10.1. The van der Waals surface area contributed by atoms with E-state index in [4.69, 9.17) is 10.2 Å². The molecule has 0 amide bonds. The second-order valence-corrected chi connectivity index (χ2v) is 6.30. The molecule has 0 heterocycles. The van der Waals surface area contributed by atoms with Crippen molar-refractivity contribution in [1.29, 1.82) is 0 Å². The number of rotatable bonds is 14. The van der Waals surface area contributed by atoms with E-state index in [9.17, 15) is 9.59 Å². The van der Waals surface area contributed by atoms with Gasteiger partial charge in [-0.15, -0.1) is 0 Å². The second kappa shape index (κ2) is 20.4. The van der Waals surface area contributed by atoms with Gasteiger partial charge in [-0.3, -0.25) is 9.59 Å². The largest absolute Gasteiger partial charge is 0.481 e. The number of carboxylic acid groups (broad SMARTS) is 2. The minimum absolute atomic E-state index is 0.328. The van der Waals surface area contributed by atoms with Crippen molar-refractivity contribution in [3.05, 3.63) is 0 Å². The molecular weight excluding hydrogens is 348 g/mol. The first-order chi connectivity index (χ1) is 10.5. The molecule has 22 heavy (non-hydrogen) atoms. The van der Waals surface area contributed by atoms with Gasteiger partial charge in [0.05, 0.1) is 0 Å². The molecular formula is C17H33BrO4. The number of unbranched alkanes of at least 4 members (excludes halogenated alkanes) is 9. The van der Waals surface area contributed by atoms with Crippen molar-refractivity contribution in [3.8, 4) is 0 Å². The summed E-state index contributed by atoms with van der Waals surface area (Å²) >= 11 is 3.35. The van der Waals surface area contributed by atoms with Gasteiger partial charge in [0.1, 0.15) is 0 Å². The van der Waals surface area contributed by atoms with Crippen LogP contribution in [0.15, 0.2) is 0 Å². The summed E-state index contributed by atoms with van der Waals surface area (Å²) in [5, 5.41) is 17.7. The Bertz CT molecular complexity index is 231. The Labute approximate surface area is 143 Å². The van der Waals surface area contributed by atoms with Crippen LogP contribution in [0.2, 0.25) is 0 Å². The highest BCUT2D eigenvalue weighted by Crippen LogP contribution is 2.07. The minimum atomic E-state index is -0.675. The van der Waals surface area contributed by atoms with E-state index in [1.54, 1.807) is 0 Å². The van der Waals surface area contributed by atoms with E-state index in [2.05, 4.69) is 22.9 Å². The molecule has 4 nitrogen and oxygen atoms in total. The zero-order valence-corrected chi connectivity index (χ0v) is 15.6. The first-order valence-electron chi connectivity index (χ1n) is 8.54. The minimum Gasteiger partial charge on any atom is -0.481 e. The van der Waals surface area contributed by atoms with Gasteiger partial charge in [0.25, 0.3) is 0 Å². The maximum absolute atomic E-state index is 10.1. The van der Waals surface area contributed by atoms with Crippen molar-refractivity contribution >= 4 is 27.9 Å². The van der Waals surface area contributed by atoms with Gasteiger partial charge in [-0.05, 0) is 19.3 Å². The van der Waals surface area contributed by atoms with E-state index in [1.807, 2.05) is 0 Å². The van der Waals surface area contributed by atoms with Crippen LogP contribution >= 0.6 is 15.9 Å². The summed E-state index contributed by atoms with van der Waals surface area (Å²) in [6, 6.07) is 0. The van der Waals surface area contributed by atoms with Crippen LogP contribution < -0.4 is 0 Å². The van der Waals surface area contributed by atoms with Crippen molar-refractivity contribution < 1.29 is 19.8 Å². The first-order valence-corrected chi connectivity index (χ1v) is 9.66. The summed E-state index contributed by atoms with van der Waals surface area (Å²) in [4.78, 5) is 20.2. The molecule has 0 aliphatic heterocycles. The highest BCUT2D eigenvalue weighted by Gasteiger charge is 1.96. The quantitative estimate of drug-likeness (QED) is 0.302. The van der Waals surface area contributed by atoms with E-state index in [0.717, 1.165) is 31.0 Å². The van der Waals surface area contributed by atoms with Crippen molar-refractivity contribution in [2.24, 2.45) is 0 Å². The first kappa shape index (κ1) is 23.7. The number of halogens is 1. The maximum Gasteiger partial charge on any atom is 0.303 e. The van der Waals surface area contributed by atoms with E-state index in [0.29, 0.717) is 12.8 Å². The van der Waals surface area contributed by atoms with Crippen LogP contribution in [0, 0.1) is 0 Å². The fourth-order valence-electron chi connectivity index (χ4n) is 1.96. The molecule has 0 aliphatic rings. The highest BCUT2D eigenvalue weighted by atomic mass is 79.9. The molecule has 0 rings (SSSR count). The average molecular weight is 381 g/mol. The summed E-state index contributed by atoms with van der Waals surface area (Å²) < 4.78 is 0. The monoisotopic (exact) mass is 380 g/mol. The molecule has 0 aromatic carbocycles. The van der Waals surface area contributed by atoms with Gasteiger partial charge in [-0.2, -0.15) is 0 Å². The van der Waals surface area contributed by atoms with Crippen LogP contribution in [-0.4, -0.2) is 27.5 Å². The molecule has 0 aromatic rings. The predicted molar refractivity (Wildman–Crippen MR) is 94.8 cm³/mol. The Morgan fingerprint density at radius 1 is 0.682 bits per heavy atom. The number of carboxylic acids is 2. The molecule has 0 aromatic heterocycles. The molecule has 0 bridgehead atoms. The smallest absolute Gasteiger partial charge is 0.303 e. The number of aliphatic carboxylic acids is 2. The van der Waals surface area contributed by atoms with E-state index in [-0.39, 0.29) is 0 Å². The lowest BCUT2D eigenvalue weighted by Crippen LogP contribution is -1.93. The third kappa shape index (κ3) is 27.7. The topological polar surface area (TPSA) is 74.6 Å². The zero-order chi connectivity index (χ0) is 17.1. The molecule has 0 atom stereocenters. The molecule has 0 aliphatic carbocycles. The number of hydrogen-bond acceptors (Lipinski definition) is 2. The summed E-state index contributed by atoms with van der Waals surface area (Å²) in [5.74, 6) is -1.34. The van der Waals surface area contributed by atoms with Gasteiger partial charge in [-0.1, -0.05) is 74.2 Å².